The van der Waals surface area contributed by atoms with Crippen molar-refractivity contribution in [3.8, 4) is 5.95 Å². The van der Waals surface area contributed by atoms with Crippen LogP contribution in [0.1, 0.15) is 79.7 Å². The van der Waals surface area contributed by atoms with Crippen LogP contribution in [0, 0.1) is 12.8 Å². The van der Waals surface area contributed by atoms with Crippen LogP contribution in [0.4, 0.5) is 19.0 Å². The van der Waals surface area contributed by atoms with Gasteiger partial charge in [0.25, 0.3) is 11.9 Å². The zero-order chi connectivity index (χ0) is 26.8. The number of carbonyl (C=O) groups is 1. The molecule has 7 nitrogen and oxygen atoms in total. The molecule has 36 heavy (non-hydrogen) atoms. The molecule has 3 N–H and O–H groups in total. The third-order valence-corrected chi connectivity index (χ3v) is 5.85. The maximum absolute atomic E-state index is 13.3. The van der Waals surface area contributed by atoms with E-state index in [0.717, 1.165) is 23.3 Å². The van der Waals surface area contributed by atoms with Crippen molar-refractivity contribution in [2.45, 2.75) is 65.5 Å². The van der Waals surface area contributed by atoms with Gasteiger partial charge in [-0.1, -0.05) is 46.8 Å². The number of hydrogen-bond donors (Lipinski definition) is 2. The van der Waals surface area contributed by atoms with E-state index in [9.17, 15) is 18.0 Å². The number of anilines is 1. The lowest BCUT2D eigenvalue weighted by atomic mass is 9.88. The Labute approximate surface area is 209 Å². The van der Waals surface area contributed by atoms with E-state index in [2.05, 4.69) is 20.4 Å². The number of nitrogen functional groups attached to an aromatic ring is 1. The average Bonchev–Trinajstić information content (AvgIpc) is 3.24. The van der Waals surface area contributed by atoms with E-state index in [1.165, 1.54) is 16.8 Å². The van der Waals surface area contributed by atoms with Gasteiger partial charge in [-0.05, 0) is 37.0 Å². The number of nitrogens with zero attached hydrogens (tertiary/aromatic N) is 4. The first-order chi connectivity index (χ1) is 16.7. The second-order valence-electron chi connectivity index (χ2n) is 10.5. The third-order valence-electron chi connectivity index (χ3n) is 5.85. The number of aryl methyl sites for hydroxylation is 1. The Morgan fingerprint density at radius 1 is 1.14 bits per heavy atom. The number of alkyl halides is 3. The molecular weight excluding hydrogens is 469 g/mol. The van der Waals surface area contributed by atoms with Gasteiger partial charge in [-0.2, -0.15) is 23.3 Å². The van der Waals surface area contributed by atoms with Gasteiger partial charge in [-0.25, -0.2) is 9.67 Å². The molecule has 0 aliphatic rings. The van der Waals surface area contributed by atoms with Gasteiger partial charge < -0.3 is 11.1 Å². The lowest BCUT2D eigenvalue weighted by Gasteiger charge is -2.21. The molecule has 0 saturated carbocycles. The largest absolute Gasteiger partial charge is 0.416 e. The molecule has 3 aromatic rings. The summed E-state index contributed by atoms with van der Waals surface area (Å²) in [7, 11) is 0. The summed E-state index contributed by atoms with van der Waals surface area (Å²) in [6.45, 7) is 12.0. The summed E-state index contributed by atoms with van der Waals surface area (Å²) in [5, 5.41) is 7.54. The number of benzene rings is 1. The van der Waals surface area contributed by atoms with Crippen LogP contribution >= 0.6 is 0 Å². The normalized spacial score (nSPS) is 13.2. The SMILES string of the molecule is Cc1cnc(-n2cc(C(=O)NCC(CC(C)C)c3ccc(C(F)(F)F)cc3)c(C(C)(C)C)n2)nc1N. The molecule has 0 saturated heterocycles. The lowest BCUT2D eigenvalue weighted by Crippen LogP contribution is -2.30. The van der Waals surface area contributed by atoms with E-state index in [-0.39, 0.29) is 30.2 Å². The second-order valence-corrected chi connectivity index (χ2v) is 10.5. The molecular formula is C26H33F3N6O. The van der Waals surface area contributed by atoms with E-state index in [1.54, 1.807) is 19.3 Å². The number of halogens is 3. The fourth-order valence-electron chi connectivity index (χ4n) is 3.91. The van der Waals surface area contributed by atoms with E-state index >= 15 is 0 Å². The minimum Gasteiger partial charge on any atom is -0.383 e. The summed E-state index contributed by atoms with van der Waals surface area (Å²) in [5.74, 6) is 0.389. The van der Waals surface area contributed by atoms with E-state index in [4.69, 9.17) is 5.73 Å². The summed E-state index contributed by atoms with van der Waals surface area (Å²) in [4.78, 5) is 21.8. The summed E-state index contributed by atoms with van der Waals surface area (Å²) in [6, 6.07) is 5.14. The lowest BCUT2D eigenvalue weighted by molar-refractivity contribution is -0.137. The summed E-state index contributed by atoms with van der Waals surface area (Å²) in [5.41, 5.74) is 7.20. The Balaban J connectivity index is 1.86. The molecule has 1 atom stereocenters. The topological polar surface area (TPSA) is 98.7 Å². The van der Waals surface area contributed by atoms with Crippen molar-refractivity contribution in [2.24, 2.45) is 5.92 Å². The van der Waals surface area contributed by atoms with Crippen LogP contribution < -0.4 is 11.1 Å². The third kappa shape index (κ3) is 6.41. The molecule has 2 heterocycles. The molecule has 3 rings (SSSR count). The van der Waals surface area contributed by atoms with Crippen LogP contribution in [0.3, 0.4) is 0 Å². The number of hydrogen-bond acceptors (Lipinski definition) is 5. The number of rotatable bonds is 7. The quantitative estimate of drug-likeness (QED) is 0.449. The molecule has 0 aliphatic heterocycles. The molecule has 0 bridgehead atoms. The Morgan fingerprint density at radius 2 is 1.78 bits per heavy atom. The molecule has 2 aromatic heterocycles. The smallest absolute Gasteiger partial charge is 0.383 e. The molecule has 1 unspecified atom stereocenters. The Bertz CT molecular complexity index is 1210. The molecule has 194 valence electrons. The van der Waals surface area contributed by atoms with Gasteiger partial charge in [0, 0.05) is 35.8 Å². The molecule has 0 fully saturated rings. The number of nitrogens with one attached hydrogen (secondary N) is 1. The van der Waals surface area contributed by atoms with Gasteiger partial charge in [-0.3, -0.25) is 4.79 Å². The Morgan fingerprint density at radius 3 is 2.31 bits per heavy atom. The average molecular weight is 503 g/mol. The standard InChI is InChI=1S/C26H33F3N6O/c1-15(2)11-18(17-7-9-19(10-8-17)26(27,28)29)13-31-23(36)20-14-35(34-21(20)25(4,5)6)24-32-12-16(3)22(30)33-24/h7-10,12,14-15,18H,11,13H2,1-6H3,(H,31,36)(H2,30,32,33). The fraction of sp³-hybridized carbons (Fsp3) is 0.462. The molecule has 1 amide bonds. The van der Waals surface area contributed by atoms with Gasteiger partial charge in [0.05, 0.1) is 16.8 Å². The van der Waals surface area contributed by atoms with Crippen LogP contribution in [0.5, 0.6) is 0 Å². The zero-order valence-electron chi connectivity index (χ0n) is 21.4. The Kier molecular flexibility index (Phi) is 7.76. The van der Waals surface area contributed by atoms with Gasteiger partial charge in [0.15, 0.2) is 0 Å². The van der Waals surface area contributed by atoms with Gasteiger partial charge >= 0.3 is 6.18 Å². The van der Waals surface area contributed by atoms with Crippen molar-refractivity contribution < 1.29 is 18.0 Å². The molecule has 10 heteroatoms. The predicted octanol–water partition coefficient (Wildman–Crippen LogP) is 5.43. The van der Waals surface area contributed by atoms with Crippen molar-refractivity contribution in [1.82, 2.24) is 25.1 Å². The van der Waals surface area contributed by atoms with Gasteiger partial charge in [0.1, 0.15) is 5.82 Å². The van der Waals surface area contributed by atoms with E-state index in [0.29, 0.717) is 23.5 Å². The van der Waals surface area contributed by atoms with Crippen LogP contribution in [-0.4, -0.2) is 32.2 Å². The van der Waals surface area contributed by atoms with Crippen LogP contribution in [0.15, 0.2) is 36.7 Å². The predicted molar refractivity (Wildman–Crippen MR) is 133 cm³/mol. The molecule has 0 radical (unpaired) electrons. The molecule has 1 aromatic carbocycles. The second kappa shape index (κ2) is 10.3. The number of amides is 1. The van der Waals surface area contributed by atoms with Crippen LogP contribution in [0.25, 0.3) is 5.95 Å². The monoisotopic (exact) mass is 502 g/mol. The van der Waals surface area contributed by atoms with Crippen molar-refractivity contribution in [1.29, 1.82) is 0 Å². The summed E-state index contributed by atoms with van der Waals surface area (Å²) in [6.07, 6.45) is -0.519. The fourth-order valence-corrected chi connectivity index (χ4v) is 3.91. The molecule has 0 spiro atoms. The number of nitrogens with two attached hydrogens (primary N) is 1. The van der Waals surface area contributed by atoms with Gasteiger partial charge in [-0.15, -0.1) is 0 Å². The van der Waals surface area contributed by atoms with E-state index in [1.807, 2.05) is 34.6 Å². The highest BCUT2D eigenvalue weighted by Gasteiger charge is 2.31. The maximum atomic E-state index is 13.3. The van der Waals surface area contributed by atoms with Crippen molar-refractivity contribution in [2.75, 3.05) is 12.3 Å². The van der Waals surface area contributed by atoms with Crippen molar-refractivity contribution >= 4 is 11.7 Å². The first-order valence-electron chi connectivity index (χ1n) is 11.8. The zero-order valence-corrected chi connectivity index (χ0v) is 21.4. The Hall–Kier alpha value is -3.43. The minimum absolute atomic E-state index is 0.149. The first kappa shape index (κ1) is 27.2. The highest BCUT2D eigenvalue weighted by molar-refractivity contribution is 5.95. The van der Waals surface area contributed by atoms with Crippen molar-refractivity contribution in [3.63, 3.8) is 0 Å². The molecule has 0 aliphatic carbocycles. The number of aromatic nitrogens is 4. The minimum atomic E-state index is -4.39. The van der Waals surface area contributed by atoms with E-state index < -0.39 is 17.2 Å². The summed E-state index contributed by atoms with van der Waals surface area (Å²) < 4.78 is 40.4. The van der Waals surface area contributed by atoms with Crippen LogP contribution in [0.2, 0.25) is 0 Å². The van der Waals surface area contributed by atoms with Gasteiger partial charge in [0.2, 0.25) is 0 Å². The number of carbonyl (C=O) groups excluding carboxylic acids is 1. The van der Waals surface area contributed by atoms with Crippen molar-refractivity contribution in [3.05, 3.63) is 64.6 Å². The maximum Gasteiger partial charge on any atom is 0.416 e. The summed E-state index contributed by atoms with van der Waals surface area (Å²) >= 11 is 0. The highest BCUT2D eigenvalue weighted by atomic mass is 19.4. The van der Waals surface area contributed by atoms with Crippen LogP contribution in [-0.2, 0) is 11.6 Å². The first-order valence-corrected chi connectivity index (χ1v) is 11.8. The highest BCUT2D eigenvalue weighted by Crippen LogP contribution is 2.32.